The van der Waals surface area contributed by atoms with Crippen LogP contribution in [0.2, 0.25) is 0 Å². The van der Waals surface area contributed by atoms with E-state index in [2.05, 4.69) is 30.0 Å². The molecule has 3 atom stereocenters. The number of ether oxygens (including phenoxy) is 2. The molecule has 0 unspecified atom stereocenters. The average molecular weight is 376 g/mol. The summed E-state index contributed by atoms with van der Waals surface area (Å²) in [6, 6.07) is 0. The van der Waals surface area contributed by atoms with Gasteiger partial charge in [-0.15, -0.1) is 25.3 Å². The van der Waals surface area contributed by atoms with E-state index < -0.39 is 34.5 Å². The molecule has 0 radical (unpaired) electrons. The van der Waals surface area contributed by atoms with E-state index in [1.165, 1.54) is 25.2 Å². The molecule has 0 aliphatic carbocycles. The Morgan fingerprint density at radius 1 is 1.42 bits per heavy atom. The van der Waals surface area contributed by atoms with Crippen molar-refractivity contribution in [1.29, 1.82) is 0 Å². The van der Waals surface area contributed by atoms with Gasteiger partial charge in [-0.1, -0.05) is 12.2 Å². The molecule has 0 aromatic heterocycles. The third kappa shape index (κ3) is 5.67. The summed E-state index contributed by atoms with van der Waals surface area (Å²) in [5, 5.41) is 29.3. The minimum absolute atomic E-state index is 0.137. The molecule has 0 amide bonds. The third-order valence-corrected chi connectivity index (χ3v) is 3.62. The third-order valence-electron chi connectivity index (χ3n) is 3.40. The quantitative estimate of drug-likeness (QED) is 0.152. The van der Waals surface area contributed by atoms with Crippen molar-refractivity contribution in [2.24, 2.45) is 0 Å². The van der Waals surface area contributed by atoms with Gasteiger partial charge < -0.3 is 24.8 Å². The van der Waals surface area contributed by atoms with Crippen molar-refractivity contribution in [1.82, 2.24) is 0 Å². The van der Waals surface area contributed by atoms with Gasteiger partial charge in [0.1, 0.15) is 11.7 Å². The van der Waals surface area contributed by atoms with Gasteiger partial charge in [-0.2, -0.15) is 0 Å². The maximum Gasteiger partial charge on any atom is 0.332 e. The van der Waals surface area contributed by atoms with Crippen molar-refractivity contribution in [2.45, 2.75) is 35.9 Å². The number of aliphatic hydroxyl groups is 2. The van der Waals surface area contributed by atoms with Crippen LogP contribution < -0.4 is 0 Å². The van der Waals surface area contributed by atoms with Crippen LogP contribution in [0.25, 0.3) is 0 Å². The summed E-state index contributed by atoms with van der Waals surface area (Å²) in [7, 11) is 0. The fourth-order valence-electron chi connectivity index (χ4n) is 2.27. The van der Waals surface area contributed by atoms with Crippen molar-refractivity contribution >= 4 is 37.2 Å². The van der Waals surface area contributed by atoms with Crippen molar-refractivity contribution in [3.05, 3.63) is 36.0 Å². The first-order valence-electron chi connectivity index (χ1n) is 7.05. The number of carboxylic acid groups (broad SMARTS) is 1. The molecule has 1 fully saturated rings. The van der Waals surface area contributed by atoms with Crippen LogP contribution in [-0.2, 0) is 19.1 Å². The van der Waals surface area contributed by atoms with E-state index in [-0.39, 0.29) is 18.6 Å². The van der Waals surface area contributed by atoms with Gasteiger partial charge in [0.2, 0.25) is 0 Å². The maximum atomic E-state index is 11.3. The molecule has 1 saturated heterocycles. The maximum absolute atomic E-state index is 11.3. The van der Waals surface area contributed by atoms with Gasteiger partial charge in [0, 0.05) is 12.2 Å². The average Bonchev–Trinajstić information content (AvgIpc) is 2.45. The Labute approximate surface area is 150 Å². The number of aliphatic carboxylic acids is 1. The Balaban J connectivity index is 2.96. The lowest BCUT2D eigenvalue weighted by Crippen LogP contribution is -2.55. The Bertz CT molecular complexity index is 554. The lowest BCUT2D eigenvalue weighted by atomic mass is 9.82. The summed E-state index contributed by atoms with van der Waals surface area (Å²) in [5.41, 5.74) is -1.26. The standard InChI is InChI=1S/C15H20O7S2/c1-9(16)15(6-3-2-4-12(19)22-14(23)24)13(20)10(5-7-21-15)8-11(17)18/h2-4,6,8-9,13-14,16,20,23-24H,5,7H2,1H3,(H,17,18)/b4-2-,6-3+,10-8+/t9-,13-,15+/m0/s1. The van der Waals surface area contributed by atoms with E-state index in [4.69, 9.17) is 9.84 Å². The molecule has 0 spiro atoms. The normalized spacial score (nSPS) is 27.9. The molecule has 24 heavy (non-hydrogen) atoms. The van der Waals surface area contributed by atoms with Crippen molar-refractivity contribution in [2.75, 3.05) is 6.61 Å². The number of rotatable bonds is 6. The van der Waals surface area contributed by atoms with Gasteiger partial charge >= 0.3 is 11.9 Å². The molecule has 0 aromatic carbocycles. The minimum atomic E-state index is -1.51. The van der Waals surface area contributed by atoms with Gasteiger partial charge in [0.25, 0.3) is 0 Å². The lowest BCUT2D eigenvalue weighted by molar-refractivity contribution is -0.153. The smallest absolute Gasteiger partial charge is 0.332 e. The molecular formula is C15H20O7S2. The largest absolute Gasteiger partial charge is 0.478 e. The topological polar surface area (TPSA) is 113 Å². The van der Waals surface area contributed by atoms with Crippen LogP contribution in [0.15, 0.2) is 36.0 Å². The fourth-order valence-corrected chi connectivity index (χ4v) is 2.48. The van der Waals surface area contributed by atoms with Crippen molar-refractivity contribution < 1.29 is 34.4 Å². The second-order valence-electron chi connectivity index (χ2n) is 5.07. The Morgan fingerprint density at radius 3 is 2.62 bits per heavy atom. The highest BCUT2D eigenvalue weighted by Gasteiger charge is 2.45. The number of hydrogen-bond donors (Lipinski definition) is 5. The number of allylic oxidation sites excluding steroid dienone is 2. The summed E-state index contributed by atoms with van der Waals surface area (Å²) < 4.78 is 9.34. The molecule has 0 saturated carbocycles. The zero-order valence-corrected chi connectivity index (χ0v) is 14.7. The van der Waals surface area contributed by atoms with Crippen LogP contribution >= 0.6 is 25.3 Å². The van der Waals surface area contributed by atoms with Gasteiger partial charge in [0.15, 0.2) is 4.77 Å². The van der Waals surface area contributed by atoms with Gasteiger partial charge in [-0.25, -0.2) is 9.59 Å². The molecular weight excluding hydrogens is 356 g/mol. The first kappa shape index (κ1) is 20.8. The van der Waals surface area contributed by atoms with E-state index in [0.717, 1.165) is 12.2 Å². The Morgan fingerprint density at radius 2 is 2.08 bits per heavy atom. The highest BCUT2D eigenvalue weighted by Crippen LogP contribution is 2.33. The summed E-state index contributed by atoms with van der Waals surface area (Å²) >= 11 is 7.57. The summed E-state index contributed by atoms with van der Waals surface area (Å²) in [5.74, 6) is -1.86. The summed E-state index contributed by atoms with van der Waals surface area (Å²) in [6.45, 7) is 1.56. The number of esters is 1. The number of aliphatic hydroxyl groups excluding tert-OH is 2. The van der Waals surface area contributed by atoms with Gasteiger partial charge in [-0.3, -0.25) is 0 Å². The zero-order chi connectivity index (χ0) is 18.3. The van der Waals surface area contributed by atoms with E-state index in [1.807, 2.05) is 0 Å². The molecule has 9 heteroatoms. The number of thiol groups is 2. The van der Waals surface area contributed by atoms with E-state index in [1.54, 1.807) is 0 Å². The van der Waals surface area contributed by atoms with E-state index >= 15 is 0 Å². The molecule has 7 nitrogen and oxygen atoms in total. The van der Waals surface area contributed by atoms with Crippen molar-refractivity contribution in [3.63, 3.8) is 0 Å². The van der Waals surface area contributed by atoms with E-state index in [0.29, 0.717) is 0 Å². The molecule has 0 aromatic rings. The first-order valence-corrected chi connectivity index (χ1v) is 8.08. The highest BCUT2D eigenvalue weighted by atomic mass is 32.2. The predicted molar refractivity (Wildman–Crippen MR) is 92.8 cm³/mol. The van der Waals surface area contributed by atoms with Crippen LogP contribution in [0.1, 0.15) is 13.3 Å². The molecule has 1 aliphatic rings. The zero-order valence-electron chi connectivity index (χ0n) is 12.9. The first-order chi connectivity index (χ1) is 11.2. The predicted octanol–water partition coefficient (Wildman–Crippen LogP) is 0.697. The molecule has 1 rings (SSSR count). The highest BCUT2D eigenvalue weighted by molar-refractivity contribution is 7.98. The number of carboxylic acids is 1. The molecule has 1 aliphatic heterocycles. The lowest BCUT2D eigenvalue weighted by Gasteiger charge is -2.42. The second-order valence-corrected chi connectivity index (χ2v) is 6.41. The van der Waals surface area contributed by atoms with E-state index in [9.17, 15) is 19.8 Å². The van der Waals surface area contributed by atoms with Crippen LogP contribution in [-0.4, -0.2) is 56.4 Å². The molecule has 1 heterocycles. The fraction of sp³-hybridized carbons (Fsp3) is 0.467. The van der Waals surface area contributed by atoms with Crippen LogP contribution in [0.4, 0.5) is 0 Å². The SMILES string of the molecule is C[C@H](O)[C@@]1(/C=C/C=C\C(=O)OC(S)S)OCC/C(=C\C(=O)O)[C@@H]1O. The van der Waals surface area contributed by atoms with Gasteiger partial charge in [0.05, 0.1) is 12.7 Å². The molecule has 134 valence electrons. The monoisotopic (exact) mass is 376 g/mol. The second kappa shape index (κ2) is 9.28. The molecule has 0 bridgehead atoms. The summed E-state index contributed by atoms with van der Waals surface area (Å²) in [4.78, 5) is 22.1. The number of carbonyl (C=O) groups excluding carboxylic acids is 1. The Hall–Kier alpha value is -1.26. The molecule has 3 N–H and O–H groups in total. The van der Waals surface area contributed by atoms with Gasteiger partial charge in [-0.05, 0) is 25.0 Å². The van der Waals surface area contributed by atoms with Crippen molar-refractivity contribution in [3.8, 4) is 0 Å². The minimum Gasteiger partial charge on any atom is -0.478 e. The van der Waals surface area contributed by atoms with Crippen LogP contribution in [0.3, 0.4) is 0 Å². The summed E-state index contributed by atoms with van der Waals surface area (Å²) in [6.07, 6.45) is 3.90. The Kier molecular flexibility index (Phi) is 8.04. The number of carbonyl (C=O) groups is 2. The number of hydrogen-bond acceptors (Lipinski definition) is 8. The van der Waals surface area contributed by atoms with Crippen LogP contribution in [0.5, 0.6) is 0 Å². The van der Waals surface area contributed by atoms with Crippen LogP contribution in [0, 0.1) is 0 Å².